The largest absolute Gasteiger partial charge is 0.573 e. The van der Waals surface area contributed by atoms with Crippen LogP contribution in [0.2, 0.25) is 0 Å². The third-order valence-corrected chi connectivity index (χ3v) is 2.42. The average molecular weight is 271 g/mol. The average Bonchev–Trinajstić information content (AvgIpc) is 2.82. The Morgan fingerprint density at radius 2 is 1.89 bits per heavy atom. The molecule has 0 atom stereocenters. The highest BCUT2D eigenvalue weighted by molar-refractivity contribution is 5.33. The fourth-order valence-corrected chi connectivity index (χ4v) is 1.61. The van der Waals surface area contributed by atoms with Crippen molar-refractivity contribution in [3.05, 3.63) is 54.0 Å². The van der Waals surface area contributed by atoms with Crippen LogP contribution in [0.5, 0.6) is 5.75 Å². The molecule has 2 aromatic rings. The van der Waals surface area contributed by atoms with Gasteiger partial charge in [0.15, 0.2) is 0 Å². The van der Waals surface area contributed by atoms with Crippen molar-refractivity contribution < 1.29 is 22.3 Å². The van der Waals surface area contributed by atoms with Gasteiger partial charge in [-0.3, -0.25) is 0 Å². The number of nitrogens with one attached hydrogen (secondary N) is 1. The number of benzene rings is 1. The maximum atomic E-state index is 12.2. The van der Waals surface area contributed by atoms with Crippen molar-refractivity contribution in [3.8, 4) is 5.75 Å². The lowest BCUT2D eigenvalue weighted by atomic mass is 10.2. The summed E-state index contributed by atoms with van der Waals surface area (Å²) >= 11 is 0. The van der Waals surface area contributed by atoms with E-state index in [9.17, 15) is 13.2 Å². The molecule has 2 rings (SSSR count). The van der Waals surface area contributed by atoms with Gasteiger partial charge in [0.05, 0.1) is 12.5 Å². The fourth-order valence-electron chi connectivity index (χ4n) is 1.61. The zero-order valence-electron chi connectivity index (χ0n) is 9.91. The number of halogens is 3. The van der Waals surface area contributed by atoms with Crippen molar-refractivity contribution in [1.82, 2.24) is 5.32 Å². The summed E-state index contributed by atoms with van der Waals surface area (Å²) < 4.78 is 45.5. The summed E-state index contributed by atoms with van der Waals surface area (Å²) in [5.74, 6) is -0.185. The maximum Gasteiger partial charge on any atom is 0.573 e. The molecule has 1 heterocycles. The van der Waals surface area contributed by atoms with Gasteiger partial charge in [-0.05, 0) is 12.1 Å². The van der Waals surface area contributed by atoms with Crippen LogP contribution in [0.25, 0.3) is 0 Å². The summed E-state index contributed by atoms with van der Waals surface area (Å²) in [6.07, 6.45) is -1.57. The maximum absolute atomic E-state index is 12.2. The molecule has 0 aliphatic carbocycles. The normalized spacial score (nSPS) is 11.5. The van der Waals surface area contributed by atoms with Gasteiger partial charge in [-0.15, -0.1) is 13.2 Å². The summed E-state index contributed by atoms with van der Waals surface area (Å²) in [5, 5.41) is 3.02. The van der Waals surface area contributed by atoms with E-state index >= 15 is 0 Å². The molecule has 0 fully saturated rings. The van der Waals surface area contributed by atoms with E-state index in [1.165, 1.54) is 18.4 Å². The van der Waals surface area contributed by atoms with E-state index in [0.29, 0.717) is 12.1 Å². The van der Waals surface area contributed by atoms with Gasteiger partial charge < -0.3 is 14.5 Å². The van der Waals surface area contributed by atoms with Crippen molar-refractivity contribution in [2.75, 3.05) is 0 Å². The van der Waals surface area contributed by atoms with Crippen LogP contribution in [0.3, 0.4) is 0 Å². The first kappa shape index (κ1) is 13.5. The Kier molecular flexibility index (Phi) is 4.11. The van der Waals surface area contributed by atoms with E-state index in [0.717, 1.165) is 5.56 Å². The first-order valence-electron chi connectivity index (χ1n) is 5.60. The zero-order chi connectivity index (χ0) is 13.7. The summed E-state index contributed by atoms with van der Waals surface area (Å²) in [6, 6.07) is 7.83. The topological polar surface area (TPSA) is 34.4 Å². The number of rotatable bonds is 5. The highest BCUT2D eigenvalue weighted by Crippen LogP contribution is 2.26. The Hall–Kier alpha value is -1.95. The minimum atomic E-state index is -4.68. The monoisotopic (exact) mass is 271 g/mol. The van der Waals surface area contributed by atoms with E-state index in [2.05, 4.69) is 10.1 Å². The van der Waals surface area contributed by atoms with E-state index < -0.39 is 6.36 Å². The summed E-state index contributed by atoms with van der Waals surface area (Å²) in [6.45, 7) is 0.786. The van der Waals surface area contributed by atoms with Crippen LogP contribution in [0.4, 0.5) is 13.2 Å². The first-order valence-corrected chi connectivity index (χ1v) is 5.60. The predicted octanol–water partition coefficient (Wildman–Crippen LogP) is 3.47. The van der Waals surface area contributed by atoms with Crippen LogP contribution < -0.4 is 10.1 Å². The Morgan fingerprint density at radius 3 is 2.58 bits per heavy atom. The van der Waals surface area contributed by atoms with Crippen molar-refractivity contribution in [3.63, 3.8) is 0 Å². The van der Waals surface area contributed by atoms with Gasteiger partial charge in [-0.1, -0.05) is 18.2 Å². The second kappa shape index (κ2) is 5.79. The van der Waals surface area contributed by atoms with E-state index in [-0.39, 0.29) is 12.3 Å². The second-order valence-corrected chi connectivity index (χ2v) is 3.89. The SMILES string of the molecule is FC(F)(F)Oc1ccccc1CNCc1ccoc1. The summed E-state index contributed by atoms with van der Waals surface area (Å²) in [5.41, 5.74) is 1.37. The molecule has 3 nitrogen and oxygen atoms in total. The molecule has 1 aromatic carbocycles. The molecule has 0 bridgehead atoms. The molecule has 0 radical (unpaired) electrons. The first-order chi connectivity index (χ1) is 9.04. The number of para-hydroxylation sites is 1. The van der Waals surface area contributed by atoms with Gasteiger partial charge in [-0.25, -0.2) is 0 Å². The molecule has 0 saturated heterocycles. The molecule has 102 valence electrons. The Balaban J connectivity index is 1.96. The molecule has 0 aliphatic heterocycles. The van der Waals surface area contributed by atoms with Crippen LogP contribution in [0, 0.1) is 0 Å². The summed E-state index contributed by atoms with van der Waals surface area (Å²) in [4.78, 5) is 0. The third kappa shape index (κ3) is 4.33. The van der Waals surface area contributed by atoms with Crippen molar-refractivity contribution in [2.24, 2.45) is 0 Å². The molecule has 1 aromatic heterocycles. The van der Waals surface area contributed by atoms with E-state index in [1.54, 1.807) is 24.5 Å². The molecule has 0 amide bonds. The minimum absolute atomic E-state index is 0.185. The summed E-state index contributed by atoms with van der Waals surface area (Å²) in [7, 11) is 0. The number of ether oxygens (including phenoxy) is 1. The Bertz CT molecular complexity index is 509. The fraction of sp³-hybridized carbons (Fsp3) is 0.231. The molecule has 0 unspecified atom stereocenters. The molecular formula is C13H12F3NO2. The van der Waals surface area contributed by atoms with Crippen LogP contribution in [-0.2, 0) is 13.1 Å². The molecular weight excluding hydrogens is 259 g/mol. The van der Waals surface area contributed by atoms with Gasteiger partial charge in [0.1, 0.15) is 5.75 Å². The van der Waals surface area contributed by atoms with Crippen molar-refractivity contribution >= 4 is 0 Å². The number of hydrogen-bond acceptors (Lipinski definition) is 3. The van der Waals surface area contributed by atoms with Crippen molar-refractivity contribution in [1.29, 1.82) is 0 Å². The minimum Gasteiger partial charge on any atom is -0.472 e. The highest BCUT2D eigenvalue weighted by Gasteiger charge is 2.31. The number of alkyl halides is 3. The lowest BCUT2D eigenvalue weighted by Crippen LogP contribution is -2.19. The molecule has 0 aliphatic rings. The van der Waals surface area contributed by atoms with Gasteiger partial charge in [-0.2, -0.15) is 0 Å². The second-order valence-electron chi connectivity index (χ2n) is 3.89. The standard InChI is InChI=1S/C13H12F3NO2/c14-13(15,16)19-12-4-2-1-3-11(12)8-17-7-10-5-6-18-9-10/h1-6,9,17H,7-8H2. The van der Waals surface area contributed by atoms with Crippen LogP contribution >= 0.6 is 0 Å². The van der Waals surface area contributed by atoms with Crippen LogP contribution in [0.15, 0.2) is 47.3 Å². The smallest absolute Gasteiger partial charge is 0.472 e. The zero-order valence-corrected chi connectivity index (χ0v) is 9.91. The highest BCUT2D eigenvalue weighted by atomic mass is 19.4. The van der Waals surface area contributed by atoms with Gasteiger partial charge in [0.25, 0.3) is 0 Å². The number of hydrogen-bond donors (Lipinski definition) is 1. The number of furan rings is 1. The Morgan fingerprint density at radius 1 is 1.11 bits per heavy atom. The van der Waals surface area contributed by atoms with E-state index in [1.807, 2.05) is 0 Å². The van der Waals surface area contributed by atoms with Gasteiger partial charge in [0, 0.05) is 24.2 Å². The molecule has 0 saturated carbocycles. The van der Waals surface area contributed by atoms with Gasteiger partial charge in [0.2, 0.25) is 0 Å². The third-order valence-electron chi connectivity index (χ3n) is 2.42. The van der Waals surface area contributed by atoms with E-state index in [4.69, 9.17) is 4.42 Å². The molecule has 0 spiro atoms. The van der Waals surface area contributed by atoms with Gasteiger partial charge >= 0.3 is 6.36 Å². The molecule has 19 heavy (non-hydrogen) atoms. The van der Waals surface area contributed by atoms with Crippen LogP contribution in [0.1, 0.15) is 11.1 Å². The lowest BCUT2D eigenvalue weighted by molar-refractivity contribution is -0.274. The Labute approximate surface area is 108 Å². The van der Waals surface area contributed by atoms with Crippen LogP contribution in [-0.4, -0.2) is 6.36 Å². The quantitative estimate of drug-likeness (QED) is 0.904. The lowest BCUT2D eigenvalue weighted by Gasteiger charge is -2.13. The molecule has 1 N–H and O–H groups in total. The predicted molar refractivity (Wildman–Crippen MR) is 62.4 cm³/mol. The molecule has 6 heteroatoms. The van der Waals surface area contributed by atoms with Crippen molar-refractivity contribution in [2.45, 2.75) is 19.5 Å².